The standard InChI is InChI=1S/C14H17BrO3/c15-12-4-1-3-10(8-12)7-11(14(16)17)9-13-5-2-6-18-13/h1,3-4,8,11,13H,2,5-7,9H2,(H,16,17)/t11-,13+/m0/s1. The van der Waals surface area contributed by atoms with Gasteiger partial charge in [-0.15, -0.1) is 0 Å². The van der Waals surface area contributed by atoms with Crippen molar-refractivity contribution < 1.29 is 14.6 Å². The van der Waals surface area contributed by atoms with Gasteiger partial charge in [0, 0.05) is 11.1 Å². The molecule has 2 atom stereocenters. The van der Waals surface area contributed by atoms with Crippen LogP contribution in [0.5, 0.6) is 0 Å². The molecule has 1 aromatic rings. The van der Waals surface area contributed by atoms with Gasteiger partial charge in [-0.2, -0.15) is 0 Å². The van der Waals surface area contributed by atoms with Gasteiger partial charge in [0.2, 0.25) is 0 Å². The molecule has 4 heteroatoms. The van der Waals surface area contributed by atoms with Gasteiger partial charge in [0.05, 0.1) is 12.0 Å². The summed E-state index contributed by atoms with van der Waals surface area (Å²) < 4.78 is 6.51. The second-order valence-electron chi connectivity index (χ2n) is 4.74. The zero-order valence-corrected chi connectivity index (χ0v) is 11.7. The largest absolute Gasteiger partial charge is 0.481 e. The minimum atomic E-state index is -0.731. The maximum absolute atomic E-state index is 11.3. The molecule has 0 amide bonds. The Morgan fingerprint density at radius 2 is 2.39 bits per heavy atom. The fraction of sp³-hybridized carbons (Fsp3) is 0.500. The highest BCUT2D eigenvalue weighted by Gasteiger charge is 2.25. The van der Waals surface area contributed by atoms with E-state index < -0.39 is 5.97 Å². The summed E-state index contributed by atoms with van der Waals surface area (Å²) in [5.41, 5.74) is 1.05. The fourth-order valence-corrected chi connectivity index (χ4v) is 2.81. The first kappa shape index (κ1) is 13.6. The summed E-state index contributed by atoms with van der Waals surface area (Å²) in [5, 5.41) is 9.30. The van der Waals surface area contributed by atoms with Crippen LogP contribution in [0.2, 0.25) is 0 Å². The molecule has 2 rings (SSSR count). The lowest BCUT2D eigenvalue weighted by molar-refractivity contribution is -0.142. The van der Waals surface area contributed by atoms with Crippen LogP contribution in [0, 0.1) is 5.92 Å². The van der Waals surface area contributed by atoms with Crippen molar-refractivity contribution in [3.63, 3.8) is 0 Å². The molecule has 3 nitrogen and oxygen atoms in total. The Kier molecular flexibility index (Phi) is 4.78. The average molecular weight is 313 g/mol. The molecule has 1 aromatic carbocycles. The van der Waals surface area contributed by atoms with E-state index in [4.69, 9.17) is 4.74 Å². The van der Waals surface area contributed by atoms with Crippen LogP contribution in [0.25, 0.3) is 0 Å². The Morgan fingerprint density at radius 3 is 3.00 bits per heavy atom. The summed E-state index contributed by atoms with van der Waals surface area (Å²) in [5.74, 6) is -1.09. The van der Waals surface area contributed by atoms with Crippen LogP contribution >= 0.6 is 15.9 Å². The van der Waals surface area contributed by atoms with Crippen molar-refractivity contribution in [2.75, 3.05) is 6.61 Å². The molecule has 18 heavy (non-hydrogen) atoms. The van der Waals surface area contributed by atoms with Gasteiger partial charge in [0.25, 0.3) is 0 Å². The number of carboxylic acid groups (broad SMARTS) is 1. The molecule has 1 N–H and O–H groups in total. The third-order valence-electron chi connectivity index (χ3n) is 3.29. The molecule has 1 fully saturated rings. The van der Waals surface area contributed by atoms with Gasteiger partial charge >= 0.3 is 5.97 Å². The average Bonchev–Trinajstić information content (AvgIpc) is 2.81. The van der Waals surface area contributed by atoms with Crippen molar-refractivity contribution in [2.24, 2.45) is 5.92 Å². The van der Waals surface area contributed by atoms with Crippen molar-refractivity contribution in [3.8, 4) is 0 Å². The highest BCUT2D eigenvalue weighted by Crippen LogP contribution is 2.23. The van der Waals surface area contributed by atoms with Gasteiger partial charge < -0.3 is 9.84 Å². The lowest BCUT2D eigenvalue weighted by Crippen LogP contribution is -2.22. The van der Waals surface area contributed by atoms with Crippen LogP contribution in [0.4, 0.5) is 0 Å². The smallest absolute Gasteiger partial charge is 0.306 e. The van der Waals surface area contributed by atoms with Crippen molar-refractivity contribution in [3.05, 3.63) is 34.3 Å². The molecule has 0 spiro atoms. The van der Waals surface area contributed by atoms with Crippen molar-refractivity contribution in [1.82, 2.24) is 0 Å². The third kappa shape index (κ3) is 3.82. The first-order chi connectivity index (χ1) is 8.65. The SMILES string of the molecule is O=C(O)[C@@H](Cc1cccc(Br)c1)C[C@H]1CCCO1. The zero-order valence-electron chi connectivity index (χ0n) is 10.1. The van der Waals surface area contributed by atoms with Gasteiger partial charge in [-0.25, -0.2) is 0 Å². The molecule has 0 radical (unpaired) electrons. The van der Waals surface area contributed by atoms with E-state index in [-0.39, 0.29) is 12.0 Å². The molecule has 1 saturated heterocycles. The summed E-state index contributed by atoms with van der Waals surface area (Å²) in [4.78, 5) is 11.3. The maximum atomic E-state index is 11.3. The van der Waals surface area contributed by atoms with Gasteiger partial charge in [0.1, 0.15) is 0 Å². The maximum Gasteiger partial charge on any atom is 0.306 e. The summed E-state index contributed by atoms with van der Waals surface area (Å²) >= 11 is 3.41. The number of aliphatic carboxylic acids is 1. The highest BCUT2D eigenvalue weighted by atomic mass is 79.9. The Balaban J connectivity index is 1.99. The van der Waals surface area contributed by atoms with Gasteiger partial charge in [0.15, 0.2) is 0 Å². The molecule has 0 aromatic heterocycles. The van der Waals surface area contributed by atoms with E-state index in [1.165, 1.54) is 0 Å². The summed E-state index contributed by atoms with van der Waals surface area (Å²) in [6.45, 7) is 0.772. The predicted molar refractivity (Wildman–Crippen MR) is 72.6 cm³/mol. The van der Waals surface area contributed by atoms with E-state index >= 15 is 0 Å². The minimum absolute atomic E-state index is 0.123. The number of halogens is 1. The minimum Gasteiger partial charge on any atom is -0.481 e. The molecule has 1 heterocycles. The zero-order chi connectivity index (χ0) is 13.0. The predicted octanol–water partition coefficient (Wildman–Crippen LogP) is 3.26. The molecule has 1 aliphatic rings. The van der Waals surface area contributed by atoms with Crippen LogP contribution in [0.15, 0.2) is 28.7 Å². The quantitative estimate of drug-likeness (QED) is 0.907. The van der Waals surface area contributed by atoms with E-state index in [1.54, 1.807) is 0 Å². The molecule has 98 valence electrons. The van der Waals surface area contributed by atoms with Crippen LogP contribution in [0.1, 0.15) is 24.8 Å². The number of carboxylic acids is 1. The summed E-state index contributed by atoms with van der Waals surface area (Å²) in [7, 11) is 0. The summed E-state index contributed by atoms with van der Waals surface area (Å²) in [6.07, 6.45) is 3.34. The van der Waals surface area contributed by atoms with Crippen LogP contribution in [-0.4, -0.2) is 23.8 Å². The van der Waals surface area contributed by atoms with Crippen LogP contribution < -0.4 is 0 Å². The Hall–Kier alpha value is -0.870. The van der Waals surface area contributed by atoms with E-state index in [2.05, 4.69) is 15.9 Å². The molecular weight excluding hydrogens is 296 g/mol. The fourth-order valence-electron chi connectivity index (χ4n) is 2.37. The molecular formula is C14H17BrO3. The first-order valence-electron chi connectivity index (χ1n) is 6.24. The highest BCUT2D eigenvalue weighted by molar-refractivity contribution is 9.10. The lowest BCUT2D eigenvalue weighted by Gasteiger charge is -2.16. The Morgan fingerprint density at radius 1 is 1.56 bits per heavy atom. The number of hydrogen-bond donors (Lipinski definition) is 1. The first-order valence-corrected chi connectivity index (χ1v) is 7.03. The Bertz CT molecular complexity index is 413. The number of benzene rings is 1. The number of rotatable bonds is 5. The molecule has 0 unspecified atom stereocenters. The topological polar surface area (TPSA) is 46.5 Å². The van der Waals surface area contributed by atoms with Gasteiger partial charge in [-0.1, -0.05) is 28.1 Å². The molecule has 0 bridgehead atoms. The van der Waals surface area contributed by atoms with Crippen molar-refractivity contribution >= 4 is 21.9 Å². The van der Waals surface area contributed by atoms with E-state index in [1.807, 2.05) is 24.3 Å². The van der Waals surface area contributed by atoms with Gasteiger partial charge in [-0.3, -0.25) is 4.79 Å². The molecule has 1 aliphatic heterocycles. The van der Waals surface area contributed by atoms with E-state index in [0.717, 1.165) is 29.5 Å². The normalized spacial score (nSPS) is 20.8. The second kappa shape index (κ2) is 6.34. The number of carbonyl (C=O) groups is 1. The Labute approximate surface area is 115 Å². The van der Waals surface area contributed by atoms with Gasteiger partial charge in [-0.05, 0) is 43.4 Å². The van der Waals surface area contributed by atoms with Crippen molar-refractivity contribution in [2.45, 2.75) is 31.8 Å². The van der Waals surface area contributed by atoms with Crippen LogP contribution in [0.3, 0.4) is 0 Å². The molecule has 0 aliphatic carbocycles. The van der Waals surface area contributed by atoms with E-state index in [0.29, 0.717) is 12.8 Å². The lowest BCUT2D eigenvalue weighted by atomic mass is 9.93. The number of ether oxygens (including phenoxy) is 1. The van der Waals surface area contributed by atoms with Crippen molar-refractivity contribution in [1.29, 1.82) is 0 Å². The molecule has 0 saturated carbocycles. The monoisotopic (exact) mass is 312 g/mol. The number of hydrogen-bond acceptors (Lipinski definition) is 2. The third-order valence-corrected chi connectivity index (χ3v) is 3.79. The second-order valence-corrected chi connectivity index (χ2v) is 5.66. The van der Waals surface area contributed by atoms with E-state index in [9.17, 15) is 9.90 Å². The summed E-state index contributed by atoms with van der Waals surface area (Å²) in [6, 6.07) is 7.82. The van der Waals surface area contributed by atoms with Crippen LogP contribution in [-0.2, 0) is 16.0 Å².